The van der Waals surface area contributed by atoms with Gasteiger partial charge in [0.25, 0.3) is 0 Å². The van der Waals surface area contributed by atoms with Crippen LogP contribution in [0.3, 0.4) is 0 Å². The predicted octanol–water partition coefficient (Wildman–Crippen LogP) is 10.3. The van der Waals surface area contributed by atoms with Crippen LogP contribution in [0, 0.1) is 13.8 Å². The zero-order valence-corrected chi connectivity index (χ0v) is 23.6. The van der Waals surface area contributed by atoms with Gasteiger partial charge in [-0.1, -0.05) is 60.6 Å². The molecule has 3 heteroatoms. The largest absolute Gasteiger partial charge is 0.507 e. The van der Waals surface area contributed by atoms with Gasteiger partial charge in [-0.2, -0.15) is 0 Å². The van der Waals surface area contributed by atoms with E-state index in [1.165, 1.54) is 66.6 Å². The fourth-order valence-corrected chi connectivity index (χ4v) is 7.78. The Morgan fingerprint density at radius 2 is 1.39 bits per heavy atom. The SMILES string of the molecule is CC(C)=CCC/C(C)=C/CC/C(C)=C/CSC1(Sc2cc(C)c(O)c(C)c2)CCCCCC1. The number of aryl methyl sites for hydroxylation is 2. The summed E-state index contributed by atoms with van der Waals surface area (Å²) in [7, 11) is 0. The molecule has 0 amide bonds. The third-order valence-electron chi connectivity index (χ3n) is 6.53. The zero-order valence-electron chi connectivity index (χ0n) is 21.9. The lowest BCUT2D eigenvalue weighted by atomic mass is 10.1. The average molecular weight is 487 g/mol. The number of thioether (sulfide) groups is 2. The Hall–Kier alpha value is -1.06. The molecule has 1 nitrogen and oxygen atoms in total. The molecule has 0 radical (unpaired) electrons. The first kappa shape index (κ1) is 28.2. The van der Waals surface area contributed by atoms with Crippen molar-refractivity contribution in [2.75, 3.05) is 5.75 Å². The number of hydrogen-bond donors (Lipinski definition) is 1. The van der Waals surface area contributed by atoms with Crippen LogP contribution in [0.5, 0.6) is 5.75 Å². The summed E-state index contributed by atoms with van der Waals surface area (Å²) in [5, 5.41) is 10.2. The standard InChI is InChI=1S/C30H46OS2/c1-23(2)13-11-14-24(3)15-12-16-25(4)17-20-32-30(18-9-7-8-10-19-30)33-28-21-26(5)29(31)27(6)22-28/h13,15,17,21-22,31H,7-12,14,16,18-20H2,1-6H3/b24-15+,25-17+. The van der Waals surface area contributed by atoms with Crippen LogP contribution < -0.4 is 0 Å². The fraction of sp³-hybridized carbons (Fsp3) is 0.600. The van der Waals surface area contributed by atoms with Crippen LogP contribution in [0.25, 0.3) is 0 Å². The van der Waals surface area contributed by atoms with E-state index in [9.17, 15) is 5.11 Å². The van der Waals surface area contributed by atoms with E-state index >= 15 is 0 Å². The maximum Gasteiger partial charge on any atom is 0.121 e. The summed E-state index contributed by atoms with van der Waals surface area (Å²) >= 11 is 4.21. The van der Waals surface area contributed by atoms with Crippen molar-refractivity contribution in [2.24, 2.45) is 0 Å². The van der Waals surface area contributed by atoms with E-state index in [0.29, 0.717) is 5.75 Å². The van der Waals surface area contributed by atoms with Crippen LogP contribution in [0.2, 0.25) is 0 Å². The topological polar surface area (TPSA) is 20.2 Å². The van der Waals surface area contributed by atoms with Crippen LogP contribution in [-0.4, -0.2) is 14.9 Å². The molecule has 1 aliphatic carbocycles. The van der Waals surface area contributed by atoms with Gasteiger partial charge in [0.1, 0.15) is 5.75 Å². The number of phenols is 1. The third-order valence-corrected chi connectivity index (χ3v) is 9.66. The summed E-state index contributed by atoms with van der Waals surface area (Å²) in [5.41, 5.74) is 6.43. The van der Waals surface area contributed by atoms with Gasteiger partial charge in [0.15, 0.2) is 0 Å². The normalized spacial score (nSPS) is 17.0. The Balaban J connectivity index is 1.94. The van der Waals surface area contributed by atoms with Gasteiger partial charge in [0, 0.05) is 10.6 Å². The predicted molar refractivity (Wildman–Crippen MR) is 152 cm³/mol. The molecule has 0 aliphatic heterocycles. The lowest BCUT2D eigenvalue weighted by molar-refractivity contribution is 0.466. The highest BCUT2D eigenvalue weighted by atomic mass is 32.2. The van der Waals surface area contributed by atoms with Crippen LogP contribution >= 0.6 is 23.5 Å². The molecule has 1 aliphatic rings. The molecule has 2 rings (SSSR count). The summed E-state index contributed by atoms with van der Waals surface area (Å²) in [6.07, 6.45) is 19.8. The summed E-state index contributed by atoms with van der Waals surface area (Å²) in [5.74, 6) is 1.54. The van der Waals surface area contributed by atoms with E-state index in [1.54, 1.807) is 0 Å². The first-order chi connectivity index (χ1) is 15.7. The van der Waals surface area contributed by atoms with Crippen LogP contribution in [0.1, 0.15) is 103 Å². The molecule has 0 atom stereocenters. The van der Waals surface area contributed by atoms with E-state index in [0.717, 1.165) is 36.1 Å². The molecule has 33 heavy (non-hydrogen) atoms. The van der Waals surface area contributed by atoms with E-state index < -0.39 is 0 Å². The van der Waals surface area contributed by atoms with Crippen LogP contribution in [0.15, 0.2) is 52.0 Å². The maximum absolute atomic E-state index is 10.2. The molecule has 0 saturated heterocycles. The Labute approximate surface area is 212 Å². The number of allylic oxidation sites excluding steroid dienone is 5. The number of rotatable bonds is 11. The lowest BCUT2D eigenvalue weighted by Gasteiger charge is -2.32. The highest BCUT2D eigenvalue weighted by molar-refractivity contribution is 8.18. The minimum Gasteiger partial charge on any atom is -0.507 e. The number of phenolic OH excluding ortho intramolecular Hbond substituents is 1. The average Bonchev–Trinajstić information content (AvgIpc) is 2.97. The van der Waals surface area contributed by atoms with E-state index in [-0.39, 0.29) is 4.08 Å². The summed E-state index contributed by atoms with van der Waals surface area (Å²) < 4.78 is 0.255. The minimum absolute atomic E-state index is 0.255. The second kappa shape index (κ2) is 14.4. The molecule has 0 bridgehead atoms. The molecular formula is C30H46OS2. The van der Waals surface area contributed by atoms with Crippen molar-refractivity contribution in [1.29, 1.82) is 0 Å². The van der Waals surface area contributed by atoms with Crippen molar-refractivity contribution in [3.8, 4) is 5.75 Å². The van der Waals surface area contributed by atoms with Crippen molar-refractivity contribution in [2.45, 2.75) is 115 Å². The van der Waals surface area contributed by atoms with E-state index in [4.69, 9.17) is 0 Å². The molecular weight excluding hydrogens is 440 g/mol. The van der Waals surface area contributed by atoms with Crippen LogP contribution in [-0.2, 0) is 0 Å². The minimum atomic E-state index is 0.255. The van der Waals surface area contributed by atoms with Crippen molar-refractivity contribution < 1.29 is 5.11 Å². The molecule has 1 aromatic carbocycles. The smallest absolute Gasteiger partial charge is 0.121 e. The van der Waals surface area contributed by atoms with E-state index in [1.807, 2.05) is 13.8 Å². The monoisotopic (exact) mass is 486 g/mol. The Morgan fingerprint density at radius 3 is 1.97 bits per heavy atom. The van der Waals surface area contributed by atoms with Gasteiger partial charge < -0.3 is 5.11 Å². The highest BCUT2D eigenvalue weighted by Crippen LogP contribution is 2.51. The molecule has 1 aromatic rings. The fourth-order valence-electron chi connectivity index (χ4n) is 4.41. The van der Waals surface area contributed by atoms with Gasteiger partial charge in [-0.05, 0) is 103 Å². The summed E-state index contributed by atoms with van der Waals surface area (Å²) in [4.78, 5) is 1.31. The second-order valence-corrected chi connectivity index (χ2v) is 13.2. The molecule has 0 aromatic heterocycles. The van der Waals surface area contributed by atoms with Gasteiger partial charge in [-0.3, -0.25) is 0 Å². The van der Waals surface area contributed by atoms with Crippen molar-refractivity contribution in [3.63, 3.8) is 0 Å². The van der Waals surface area contributed by atoms with Crippen LogP contribution in [0.4, 0.5) is 0 Å². The number of hydrogen-bond acceptors (Lipinski definition) is 3. The molecule has 1 saturated carbocycles. The quantitative estimate of drug-likeness (QED) is 0.191. The Morgan fingerprint density at radius 1 is 0.848 bits per heavy atom. The Bertz CT molecular complexity index is 812. The molecule has 0 spiro atoms. The van der Waals surface area contributed by atoms with Gasteiger partial charge in [-0.15, -0.1) is 23.5 Å². The summed E-state index contributed by atoms with van der Waals surface area (Å²) in [6, 6.07) is 4.35. The lowest BCUT2D eigenvalue weighted by Crippen LogP contribution is -2.19. The highest BCUT2D eigenvalue weighted by Gasteiger charge is 2.32. The van der Waals surface area contributed by atoms with Crippen molar-refractivity contribution in [1.82, 2.24) is 0 Å². The first-order valence-electron chi connectivity index (χ1n) is 12.8. The third kappa shape index (κ3) is 10.4. The van der Waals surface area contributed by atoms with Crippen molar-refractivity contribution >= 4 is 23.5 Å². The Kier molecular flexibility index (Phi) is 12.3. The molecule has 1 N–H and O–H groups in total. The number of aromatic hydroxyl groups is 1. The van der Waals surface area contributed by atoms with Gasteiger partial charge >= 0.3 is 0 Å². The van der Waals surface area contributed by atoms with Gasteiger partial charge in [0.05, 0.1) is 4.08 Å². The molecule has 1 fully saturated rings. The van der Waals surface area contributed by atoms with E-state index in [2.05, 4.69) is 81.6 Å². The molecule has 184 valence electrons. The maximum atomic E-state index is 10.2. The molecule has 0 unspecified atom stereocenters. The number of benzene rings is 1. The first-order valence-corrected chi connectivity index (χ1v) is 14.6. The zero-order chi connectivity index (χ0) is 24.3. The van der Waals surface area contributed by atoms with Gasteiger partial charge in [-0.25, -0.2) is 0 Å². The summed E-state index contributed by atoms with van der Waals surface area (Å²) in [6.45, 7) is 13.0. The molecule has 0 heterocycles. The second-order valence-electron chi connectivity index (χ2n) is 10.1. The van der Waals surface area contributed by atoms with Gasteiger partial charge in [0.2, 0.25) is 0 Å². The van der Waals surface area contributed by atoms with Crippen molar-refractivity contribution in [3.05, 3.63) is 58.2 Å².